The van der Waals surface area contributed by atoms with E-state index in [0.717, 1.165) is 12.5 Å². The summed E-state index contributed by atoms with van der Waals surface area (Å²) in [6.07, 6.45) is 6.81. The number of nitrogens with zero attached hydrogens (tertiary/aromatic N) is 1. The molecule has 2 unspecified atom stereocenters. The molecule has 1 saturated carbocycles. The molecule has 2 nitrogen and oxygen atoms in total. The molecule has 19 heavy (non-hydrogen) atoms. The van der Waals surface area contributed by atoms with E-state index in [1.807, 2.05) is 0 Å². The molecule has 1 fully saturated rings. The van der Waals surface area contributed by atoms with Gasteiger partial charge in [-0.25, -0.2) is 0 Å². The van der Waals surface area contributed by atoms with Crippen molar-refractivity contribution in [3.05, 3.63) is 29.8 Å². The minimum Gasteiger partial charge on any atom is -0.382 e. The number of hydrogen-bond acceptors (Lipinski definition) is 2. The molecule has 0 spiro atoms. The summed E-state index contributed by atoms with van der Waals surface area (Å²) in [6.45, 7) is 3.34. The third kappa shape index (κ3) is 3.97. The fraction of sp³-hybridized carbons (Fsp3) is 0.647. The highest BCUT2D eigenvalue weighted by molar-refractivity contribution is 5.51. The Hall–Kier alpha value is -1.02. The first-order chi connectivity index (χ1) is 9.20. The van der Waals surface area contributed by atoms with Gasteiger partial charge in [0.05, 0.1) is 0 Å². The van der Waals surface area contributed by atoms with Gasteiger partial charge in [0.15, 0.2) is 0 Å². The normalized spacial score (nSPS) is 23.6. The lowest BCUT2D eigenvalue weighted by atomic mass is 9.82. The molecule has 1 aromatic carbocycles. The Morgan fingerprint density at radius 3 is 2.63 bits per heavy atom. The fourth-order valence-corrected chi connectivity index (χ4v) is 3.23. The van der Waals surface area contributed by atoms with Crippen LogP contribution >= 0.6 is 0 Å². The number of rotatable bonds is 5. The number of benzene rings is 1. The molecule has 0 aromatic heterocycles. The largest absolute Gasteiger partial charge is 0.382 e. The second kappa shape index (κ2) is 6.95. The van der Waals surface area contributed by atoms with Gasteiger partial charge >= 0.3 is 0 Å². The molecule has 0 bridgehead atoms. The summed E-state index contributed by atoms with van der Waals surface area (Å²) in [5.74, 6) is 0.848. The van der Waals surface area contributed by atoms with Gasteiger partial charge in [-0.1, -0.05) is 44.4 Å². The van der Waals surface area contributed by atoms with E-state index in [4.69, 9.17) is 0 Å². The van der Waals surface area contributed by atoms with Crippen LogP contribution in [0, 0.1) is 5.92 Å². The van der Waals surface area contributed by atoms with Crippen molar-refractivity contribution in [2.24, 2.45) is 5.92 Å². The Kier molecular flexibility index (Phi) is 5.26. The monoisotopic (exact) mass is 260 g/mol. The van der Waals surface area contributed by atoms with E-state index in [0.29, 0.717) is 6.04 Å². The van der Waals surface area contributed by atoms with Crippen LogP contribution in [0.4, 0.5) is 5.69 Å². The average Bonchev–Trinajstić information content (AvgIpc) is 2.41. The van der Waals surface area contributed by atoms with E-state index in [1.165, 1.54) is 43.4 Å². The summed E-state index contributed by atoms with van der Waals surface area (Å²) in [5.41, 5.74) is 2.74. The zero-order valence-corrected chi connectivity index (χ0v) is 12.7. The summed E-state index contributed by atoms with van der Waals surface area (Å²) in [5, 5.41) is 3.83. The van der Waals surface area contributed by atoms with Crippen molar-refractivity contribution < 1.29 is 0 Å². The van der Waals surface area contributed by atoms with E-state index in [-0.39, 0.29) is 0 Å². The fourth-order valence-electron chi connectivity index (χ4n) is 3.23. The molecule has 1 aromatic rings. The molecule has 2 heteroatoms. The van der Waals surface area contributed by atoms with Crippen LogP contribution in [0.1, 0.15) is 44.6 Å². The topological polar surface area (TPSA) is 15.3 Å². The van der Waals surface area contributed by atoms with Gasteiger partial charge in [-0.15, -0.1) is 0 Å². The maximum Gasteiger partial charge on any atom is 0.0388 e. The van der Waals surface area contributed by atoms with Crippen molar-refractivity contribution >= 4 is 5.69 Å². The Balaban J connectivity index is 2.08. The van der Waals surface area contributed by atoms with Crippen molar-refractivity contribution in [1.82, 2.24) is 4.90 Å². The van der Waals surface area contributed by atoms with E-state index < -0.39 is 0 Å². The van der Waals surface area contributed by atoms with Crippen LogP contribution in [-0.4, -0.2) is 25.0 Å². The minimum atomic E-state index is 0.669. The Morgan fingerprint density at radius 2 is 1.89 bits per heavy atom. The Labute approximate surface area is 118 Å². The lowest BCUT2D eigenvalue weighted by Gasteiger charge is -2.33. The molecule has 0 aliphatic heterocycles. The molecule has 0 amide bonds. The highest BCUT2D eigenvalue weighted by Crippen LogP contribution is 2.30. The molecule has 1 N–H and O–H groups in total. The summed E-state index contributed by atoms with van der Waals surface area (Å²) in [7, 11) is 4.26. The van der Waals surface area contributed by atoms with Gasteiger partial charge in [0.2, 0.25) is 0 Å². The van der Waals surface area contributed by atoms with E-state index in [2.05, 4.69) is 55.5 Å². The first-order valence-corrected chi connectivity index (χ1v) is 7.70. The van der Waals surface area contributed by atoms with Crippen LogP contribution < -0.4 is 5.32 Å². The zero-order valence-electron chi connectivity index (χ0n) is 12.7. The van der Waals surface area contributed by atoms with Crippen LogP contribution in [0.15, 0.2) is 24.3 Å². The molecule has 2 rings (SSSR count). The summed E-state index contributed by atoms with van der Waals surface area (Å²) in [6, 6.07) is 9.43. The number of para-hydroxylation sites is 1. The van der Waals surface area contributed by atoms with Gasteiger partial charge in [-0.05, 0) is 44.5 Å². The SMILES string of the molecule is CCC1CCCCC1Nc1ccccc1CN(C)C. The highest BCUT2D eigenvalue weighted by atomic mass is 15.1. The molecule has 0 heterocycles. The summed E-state index contributed by atoms with van der Waals surface area (Å²) < 4.78 is 0. The third-order valence-corrected chi connectivity index (χ3v) is 4.28. The molecule has 0 radical (unpaired) electrons. The Morgan fingerprint density at radius 1 is 1.16 bits per heavy atom. The van der Waals surface area contributed by atoms with Crippen LogP contribution in [0.25, 0.3) is 0 Å². The van der Waals surface area contributed by atoms with Crippen LogP contribution in [-0.2, 0) is 6.54 Å². The molecular formula is C17H28N2. The van der Waals surface area contributed by atoms with Crippen molar-refractivity contribution in [2.75, 3.05) is 19.4 Å². The van der Waals surface area contributed by atoms with E-state index in [9.17, 15) is 0 Å². The zero-order chi connectivity index (χ0) is 13.7. The average molecular weight is 260 g/mol. The molecule has 1 aliphatic rings. The maximum atomic E-state index is 3.83. The second-order valence-electron chi connectivity index (χ2n) is 6.10. The van der Waals surface area contributed by atoms with Gasteiger partial charge in [0.25, 0.3) is 0 Å². The van der Waals surface area contributed by atoms with E-state index >= 15 is 0 Å². The van der Waals surface area contributed by atoms with Crippen molar-refractivity contribution in [3.63, 3.8) is 0 Å². The number of nitrogens with one attached hydrogen (secondary N) is 1. The maximum absolute atomic E-state index is 3.83. The predicted octanol–water partition coefficient (Wildman–Crippen LogP) is 4.13. The van der Waals surface area contributed by atoms with Crippen molar-refractivity contribution in [3.8, 4) is 0 Å². The lowest BCUT2D eigenvalue weighted by Crippen LogP contribution is -2.32. The number of hydrogen-bond donors (Lipinski definition) is 1. The number of anilines is 1. The van der Waals surface area contributed by atoms with Gasteiger partial charge in [0, 0.05) is 18.3 Å². The highest BCUT2D eigenvalue weighted by Gasteiger charge is 2.23. The lowest BCUT2D eigenvalue weighted by molar-refractivity contribution is 0.317. The smallest absolute Gasteiger partial charge is 0.0388 e. The molecule has 2 atom stereocenters. The standard InChI is InChI=1S/C17H28N2/c1-4-14-9-5-7-11-16(14)18-17-12-8-6-10-15(17)13-19(2)3/h6,8,10,12,14,16,18H,4-5,7,9,11,13H2,1-3H3. The van der Waals surface area contributed by atoms with Gasteiger partial charge in [0.1, 0.15) is 0 Å². The molecular weight excluding hydrogens is 232 g/mol. The summed E-state index contributed by atoms with van der Waals surface area (Å²) >= 11 is 0. The predicted molar refractivity (Wildman–Crippen MR) is 83.5 cm³/mol. The van der Waals surface area contributed by atoms with Crippen molar-refractivity contribution in [2.45, 2.75) is 51.6 Å². The minimum absolute atomic E-state index is 0.669. The van der Waals surface area contributed by atoms with Gasteiger partial charge in [-0.2, -0.15) is 0 Å². The molecule has 0 saturated heterocycles. The Bertz CT molecular complexity index is 387. The molecule has 106 valence electrons. The third-order valence-electron chi connectivity index (χ3n) is 4.28. The second-order valence-corrected chi connectivity index (χ2v) is 6.10. The van der Waals surface area contributed by atoms with Gasteiger partial charge in [-0.3, -0.25) is 0 Å². The quantitative estimate of drug-likeness (QED) is 0.856. The first kappa shape index (κ1) is 14.4. The van der Waals surface area contributed by atoms with Crippen LogP contribution in [0.2, 0.25) is 0 Å². The molecule has 1 aliphatic carbocycles. The van der Waals surface area contributed by atoms with Crippen LogP contribution in [0.5, 0.6) is 0 Å². The van der Waals surface area contributed by atoms with Gasteiger partial charge < -0.3 is 10.2 Å². The first-order valence-electron chi connectivity index (χ1n) is 7.70. The summed E-state index contributed by atoms with van der Waals surface area (Å²) in [4.78, 5) is 2.23. The van der Waals surface area contributed by atoms with Crippen molar-refractivity contribution in [1.29, 1.82) is 0 Å². The van der Waals surface area contributed by atoms with Crippen LogP contribution in [0.3, 0.4) is 0 Å². The van der Waals surface area contributed by atoms with E-state index in [1.54, 1.807) is 0 Å².